The molecule has 24 heavy (non-hydrogen) atoms. The van der Waals surface area contributed by atoms with Crippen molar-refractivity contribution in [3.63, 3.8) is 0 Å². The summed E-state index contributed by atoms with van der Waals surface area (Å²) in [5.74, 6) is 0.513. The number of carbonyl (C=O) groups is 2. The zero-order valence-corrected chi connectivity index (χ0v) is 14.0. The lowest BCUT2D eigenvalue weighted by atomic mass is 10.0. The third-order valence-corrected chi connectivity index (χ3v) is 4.45. The zero-order chi connectivity index (χ0) is 17.1. The lowest BCUT2D eigenvalue weighted by molar-refractivity contribution is -0.125. The van der Waals surface area contributed by atoms with Crippen LogP contribution in [0.3, 0.4) is 0 Å². The Balaban J connectivity index is 1.70. The Labute approximate surface area is 141 Å². The molecule has 2 amide bonds. The SMILES string of the molecule is Cc1ccc(C(=O)N2CCC[C@H]2C(=O)NCc2ccco2)c(C)c1. The van der Waals surface area contributed by atoms with Gasteiger partial charge in [0.25, 0.3) is 5.91 Å². The molecule has 1 aromatic heterocycles. The van der Waals surface area contributed by atoms with Crippen molar-refractivity contribution >= 4 is 11.8 Å². The van der Waals surface area contributed by atoms with Gasteiger partial charge in [0, 0.05) is 12.1 Å². The fourth-order valence-electron chi connectivity index (χ4n) is 3.20. The molecule has 0 unspecified atom stereocenters. The first-order chi connectivity index (χ1) is 11.6. The van der Waals surface area contributed by atoms with E-state index in [1.165, 1.54) is 0 Å². The second-order valence-corrected chi connectivity index (χ2v) is 6.27. The Morgan fingerprint density at radius 3 is 2.83 bits per heavy atom. The Morgan fingerprint density at radius 1 is 1.29 bits per heavy atom. The monoisotopic (exact) mass is 326 g/mol. The Hall–Kier alpha value is -2.56. The van der Waals surface area contributed by atoms with Crippen LogP contribution in [-0.2, 0) is 11.3 Å². The second kappa shape index (κ2) is 6.91. The van der Waals surface area contributed by atoms with Crippen LogP contribution in [0.15, 0.2) is 41.0 Å². The molecular weight excluding hydrogens is 304 g/mol. The van der Waals surface area contributed by atoms with E-state index in [1.54, 1.807) is 17.2 Å². The van der Waals surface area contributed by atoms with Crippen molar-refractivity contribution in [3.05, 3.63) is 59.0 Å². The van der Waals surface area contributed by atoms with Crippen LogP contribution in [0, 0.1) is 13.8 Å². The molecule has 2 heterocycles. The van der Waals surface area contributed by atoms with Crippen molar-refractivity contribution in [3.8, 4) is 0 Å². The van der Waals surface area contributed by atoms with Gasteiger partial charge in [0.05, 0.1) is 12.8 Å². The first-order valence-electron chi connectivity index (χ1n) is 8.24. The normalized spacial score (nSPS) is 17.1. The van der Waals surface area contributed by atoms with Crippen molar-refractivity contribution in [2.24, 2.45) is 0 Å². The average Bonchev–Trinajstić information content (AvgIpc) is 3.23. The molecule has 126 valence electrons. The minimum atomic E-state index is -0.409. The standard InChI is InChI=1S/C19H22N2O3/c1-13-7-8-16(14(2)11-13)19(23)21-9-3-6-17(21)18(22)20-12-15-5-4-10-24-15/h4-5,7-8,10-11,17H,3,6,9,12H2,1-2H3,(H,20,22)/t17-/m0/s1. The van der Waals surface area contributed by atoms with Gasteiger partial charge in [-0.1, -0.05) is 17.7 Å². The smallest absolute Gasteiger partial charge is 0.254 e. The number of amides is 2. The molecule has 1 aliphatic heterocycles. The number of nitrogens with one attached hydrogen (secondary N) is 1. The number of aryl methyl sites for hydroxylation is 2. The largest absolute Gasteiger partial charge is 0.467 e. The minimum Gasteiger partial charge on any atom is -0.467 e. The minimum absolute atomic E-state index is 0.0665. The van der Waals surface area contributed by atoms with Gasteiger partial charge in [0.15, 0.2) is 0 Å². The van der Waals surface area contributed by atoms with Crippen molar-refractivity contribution in [2.45, 2.75) is 39.3 Å². The zero-order valence-electron chi connectivity index (χ0n) is 14.0. The van der Waals surface area contributed by atoms with E-state index in [1.807, 2.05) is 38.1 Å². The third-order valence-electron chi connectivity index (χ3n) is 4.45. The molecule has 3 rings (SSSR count). The molecule has 1 aliphatic rings. The third kappa shape index (κ3) is 3.35. The highest BCUT2D eigenvalue weighted by Crippen LogP contribution is 2.22. The lowest BCUT2D eigenvalue weighted by Crippen LogP contribution is -2.45. The number of furan rings is 1. The molecule has 1 fully saturated rings. The molecule has 0 saturated carbocycles. The van der Waals surface area contributed by atoms with Gasteiger partial charge >= 0.3 is 0 Å². The van der Waals surface area contributed by atoms with Crippen LogP contribution in [0.25, 0.3) is 0 Å². The van der Waals surface area contributed by atoms with Crippen LogP contribution in [0.1, 0.15) is 40.1 Å². The summed E-state index contributed by atoms with van der Waals surface area (Å²) in [5.41, 5.74) is 2.74. The summed E-state index contributed by atoms with van der Waals surface area (Å²) in [7, 11) is 0. The van der Waals surface area contributed by atoms with E-state index in [0.29, 0.717) is 30.8 Å². The summed E-state index contributed by atoms with van der Waals surface area (Å²) in [5, 5.41) is 2.86. The van der Waals surface area contributed by atoms with E-state index in [4.69, 9.17) is 4.42 Å². The van der Waals surface area contributed by atoms with Crippen molar-refractivity contribution in [1.82, 2.24) is 10.2 Å². The highest BCUT2D eigenvalue weighted by atomic mass is 16.3. The van der Waals surface area contributed by atoms with Crippen LogP contribution in [-0.4, -0.2) is 29.3 Å². The highest BCUT2D eigenvalue weighted by Gasteiger charge is 2.34. The summed E-state index contributed by atoms with van der Waals surface area (Å²) in [6, 6.07) is 8.97. The quantitative estimate of drug-likeness (QED) is 0.940. The summed E-state index contributed by atoms with van der Waals surface area (Å²) in [6.45, 7) is 4.89. The van der Waals surface area contributed by atoms with E-state index in [2.05, 4.69) is 5.32 Å². The molecule has 0 aliphatic carbocycles. The maximum atomic E-state index is 12.9. The molecule has 1 atom stereocenters. The first-order valence-corrected chi connectivity index (χ1v) is 8.24. The van der Waals surface area contributed by atoms with Gasteiger partial charge in [0.2, 0.25) is 5.91 Å². The molecular formula is C19H22N2O3. The summed E-state index contributed by atoms with van der Waals surface area (Å²) in [4.78, 5) is 27.0. The van der Waals surface area contributed by atoms with Gasteiger partial charge in [-0.25, -0.2) is 0 Å². The molecule has 1 saturated heterocycles. The van der Waals surface area contributed by atoms with Crippen LogP contribution in [0.4, 0.5) is 0 Å². The number of hydrogen-bond acceptors (Lipinski definition) is 3. The van der Waals surface area contributed by atoms with Crippen molar-refractivity contribution in [1.29, 1.82) is 0 Å². The predicted molar refractivity (Wildman–Crippen MR) is 90.5 cm³/mol. The topological polar surface area (TPSA) is 62.6 Å². The van der Waals surface area contributed by atoms with Gasteiger partial charge in [-0.15, -0.1) is 0 Å². The van der Waals surface area contributed by atoms with Gasteiger partial charge in [-0.2, -0.15) is 0 Å². The van der Waals surface area contributed by atoms with E-state index < -0.39 is 6.04 Å². The number of nitrogens with zero attached hydrogens (tertiary/aromatic N) is 1. The van der Waals surface area contributed by atoms with Crippen LogP contribution >= 0.6 is 0 Å². The lowest BCUT2D eigenvalue weighted by Gasteiger charge is -2.24. The van der Waals surface area contributed by atoms with Gasteiger partial charge in [-0.3, -0.25) is 9.59 Å². The number of rotatable bonds is 4. The maximum Gasteiger partial charge on any atom is 0.254 e. The number of likely N-dealkylation sites (tertiary alicyclic amines) is 1. The van der Waals surface area contributed by atoms with E-state index in [-0.39, 0.29) is 11.8 Å². The Bertz CT molecular complexity index is 737. The van der Waals surface area contributed by atoms with Crippen LogP contribution < -0.4 is 5.32 Å². The van der Waals surface area contributed by atoms with Crippen molar-refractivity contribution in [2.75, 3.05) is 6.54 Å². The second-order valence-electron chi connectivity index (χ2n) is 6.27. The summed E-state index contributed by atoms with van der Waals surface area (Å²) >= 11 is 0. The van der Waals surface area contributed by atoms with Gasteiger partial charge < -0.3 is 14.6 Å². The fourth-order valence-corrected chi connectivity index (χ4v) is 3.20. The maximum absolute atomic E-state index is 12.9. The van der Waals surface area contributed by atoms with Gasteiger partial charge in [-0.05, 0) is 50.5 Å². The summed E-state index contributed by atoms with van der Waals surface area (Å²) < 4.78 is 5.22. The molecule has 0 bridgehead atoms. The van der Waals surface area contributed by atoms with E-state index in [0.717, 1.165) is 17.5 Å². The highest BCUT2D eigenvalue weighted by molar-refractivity contribution is 5.99. The molecule has 5 heteroatoms. The van der Waals surface area contributed by atoms with E-state index >= 15 is 0 Å². The number of hydrogen-bond donors (Lipinski definition) is 1. The predicted octanol–water partition coefficient (Wildman–Crippen LogP) is 2.82. The van der Waals surface area contributed by atoms with E-state index in [9.17, 15) is 9.59 Å². The number of benzene rings is 1. The summed E-state index contributed by atoms with van der Waals surface area (Å²) in [6.07, 6.45) is 3.11. The van der Waals surface area contributed by atoms with Gasteiger partial charge in [0.1, 0.15) is 11.8 Å². The first kappa shape index (κ1) is 16.3. The Kier molecular flexibility index (Phi) is 4.69. The molecule has 1 aromatic carbocycles. The molecule has 2 aromatic rings. The average molecular weight is 326 g/mol. The molecule has 1 N–H and O–H groups in total. The van der Waals surface area contributed by atoms with Crippen LogP contribution in [0.5, 0.6) is 0 Å². The van der Waals surface area contributed by atoms with Crippen molar-refractivity contribution < 1.29 is 14.0 Å². The molecule has 0 spiro atoms. The fraction of sp³-hybridized carbons (Fsp3) is 0.368. The number of carbonyl (C=O) groups excluding carboxylic acids is 2. The molecule has 0 radical (unpaired) electrons. The molecule has 5 nitrogen and oxygen atoms in total. The van der Waals surface area contributed by atoms with Crippen LogP contribution in [0.2, 0.25) is 0 Å². The Morgan fingerprint density at radius 2 is 2.12 bits per heavy atom.